The number of carbonyl (C=O) groups excluding carboxylic acids is 2. The number of hydrogen-bond acceptors (Lipinski definition) is 3. The molecule has 4 heteroatoms. The van der Waals surface area contributed by atoms with Crippen molar-refractivity contribution in [3.8, 4) is 0 Å². The lowest BCUT2D eigenvalue weighted by molar-refractivity contribution is -0.122. The molecule has 1 atom stereocenters. The van der Waals surface area contributed by atoms with Crippen LogP contribution in [0.1, 0.15) is 13.3 Å². The van der Waals surface area contributed by atoms with Crippen LogP contribution in [-0.2, 0) is 9.59 Å². The minimum Gasteiger partial charge on any atom is -0.274 e. The Morgan fingerprint density at radius 2 is 1.87 bits per heavy atom. The molecular formula is C11H11NO2S. The Morgan fingerprint density at radius 1 is 1.27 bits per heavy atom. The predicted octanol–water partition coefficient (Wildman–Crippen LogP) is 1.87. The lowest BCUT2D eigenvalue weighted by Gasteiger charge is -2.14. The van der Waals surface area contributed by atoms with Crippen LogP contribution in [0.5, 0.6) is 0 Å². The van der Waals surface area contributed by atoms with Crippen LogP contribution >= 0.6 is 12.6 Å². The fourth-order valence-electron chi connectivity index (χ4n) is 1.66. The molecule has 0 N–H and O–H groups in total. The second-order valence-electron chi connectivity index (χ2n) is 3.69. The summed E-state index contributed by atoms with van der Waals surface area (Å²) < 4.78 is 0. The van der Waals surface area contributed by atoms with Crippen LogP contribution in [0.3, 0.4) is 0 Å². The Hall–Kier alpha value is -1.29. The molecule has 1 aromatic rings. The van der Waals surface area contributed by atoms with E-state index in [1.54, 1.807) is 31.2 Å². The van der Waals surface area contributed by atoms with E-state index >= 15 is 0 Å². The highest BCUT2D eigenvalue weighted by atomic mass is 32.1. The van der Waals surface area contributed by atoms with Gasteiger partial charge in [0.2, 0.25) is 11.8 Å². The van der Waals surface area contributed by atoms with Gasteiger partial charge in [0.05, 0.1) is 5.69 Å². The number of thiol groups is 1. The van der Waals surface area contributed by atoms with E-state index in [2.05, 4.69) is 12.6 Å². The molecule has 0 saturated carbocycles. The molecule has 1 saturated heterocycles. The fourth-order valence-corrected chi connectivity index (χ4v) is 1.81. The molecule has 1 aliphatic heterocycles. The number of carbonyl (C=O) groups is 2. The third-order valence-electron chi connectivity index (χ3n) is 2.48. The third kappa shape index (κ3) is 1.77. The quantitative estimate of drug-likeness (QED) is 0.580. The van der Waals surface area contributed by atoms with Gasteiger partial charge >= 0.3 is 0 Å². The summed E-state index contributed by atoms with van der Waals surface area (Å²) in [5, 5.41) is 0. The maximum absolute atomic E-state index is 11.7. The summed E-state index contributed by atoms with van der Waals surface area (Å²) in [6, 6.07) is 7.00. The molecule has 0 aromatic heterocycles. The SMILES string of the molecule is CC1CC(=O)N(c2ccc(S)cc2)C1=O. The number of benzene rings is 1. The first-order valence-corrected chi connectivity index (χ1v) is 5.20. The molecule has 1 heterocycles. The second-order valence-corrected chi connectivity index (χ2v) is 4.21. The lowest BCUT2D eigenvalue weighted by atomic mass is 10.1. The van der Waals surface area contributed by atoms with Gasteiger partial charge in [-0.2, -0.15) is 0 Å². The van der Waals surface area contributed by atoms with Gasteiger partial charge in [0, 0.05) is 17.2 Å². The molecule has 1 unspecified atom stereocenters. The van der Waals surface area contributed by atoms with Crippen molar-refractivity contribution in [2.45, 2.75) is 18.2 Å². The van der Waals surface area contributed by atoms with Gasteiger partial charge in [-0.05, 0) is 24.3 Å². The van der Waals surface area contributed by atoms with Gasteiger partial charge in [-0.25, -0.2) is 0 Å². The van der Waals surface area contributed by atoms with Crippen LogP contribution in [0, 0.1) is 5.92 Å². The largest absolute Gasteiger partial charge is 0.274 e. The van der Waals surface area contributed by atoms with E-state index < -0.39 is 0 Å². The Bertz CT molecular complexity index is 413. The molecule has 78 valence electrons. The summed E-state index contributed by atoms with van der Waals surface area (Å²) in [5.74, 6) is -0.445. The zero-order chi connectivity index (χ0) is 11.0. The predicted molar refractivity (Wildman–Crippen MR) is 60.0 cm³/mol. The number of rotatable bonds is 1. The van der Waals surface area contributed by atoms with E-state index in [1.807, 2.05) is 0 Å². The van der Waals surface area contributed by atoms with E-state index in [0.29, 0.717) is 12.1 Å². The molecular weight excluding hydrogens is 210 g/mol. The first kappa shape index (κ1) is 10.2. The van der Waals surface area contributed by atoms with Crippen LogP contribution in [0.15, 0.2) is 29.2 Å². The Labute approximate surface area is 93.5 Å². The van der Waals surface area contributed by atoms with Crippen LogP contribution < -0.4 is 4.90 Å². The third-order valence-corrected chi connectivity index (χ3v) is 2.78. The normalized spacial score (nSPS) is 21.2. The topological polar surface area (TPSA) is 37.4 Å². The van der Waals surface area contributed by atoms with Crippen molar-refractivity contribution < 1.29 is 9.59 Å². The molecule has 0 radical (unpaired) electrons. The Balaban J connectivity index is 2.35. The van der Waals surface area contributed by atoms with Crippen molar-refractivity contribution in [1.82, 2.24) is 0 Å². The van der Waals surface area contributed by atoms with Crippen molar-refractivity contribution in [3.05, 3.63) is 24.3 Å². The molecule has 2 amide bonds. The fraction of sp³-hybridized carbons (Fsp3) is 0.273. The molecule has 0 aliphatic carbocycles. The average Bonchev–Trinajstić information content (AvgIpc) is 2.44. The van der Waals surface area contributed by atoms with Crippen LogP contribution in [0.25, 0.3) is 0 Å². The van der Waals surface area contributed by atoms with Crippen LogP contribution in [-0.4, -0.2) is 11.8 Å². The van der Waals surface area contributed by atoms with E-state index in [-0.39, 0.29) is 17.7 Å². The summed E-state index contributed by atoms with van der Waals surface area (Å²) >= 11 is 4.15. The smallest absolute Gasteiger partial charge is 0.237 e. The maximum Gasteiger partial charge on any atom is 0.237 e. The number of imide groups is 1. The highest BCUT2D eigenvalue weighted by molar-refractivity contribution is 7.80. The maximum atomic E-state index is 11.7. The van der Waals surface area contributed by atoms with E-state index in [4.69, 9.17) is 0 Å². The molecule has 1 aromatic carbocycles. The first-order chi connectivity index (χ1) is 7.09. The second kappa shape index (κ2) is 3.70. The van der Waals surface area contributed by atoms with Crippen molar-refractivity contribution in [2.24, 2.45) is 5.92 Å². The number of nitrogens with zero attached hydrogens (tertiary/aromatic N) is 1. The van der Waals surface area contributed by atoms with E-state index in [1.165, 1.54) is 4.90 Å². The van der Waals surface area contributed by atoms with Crippen molar-refractivity contribution >= 4 is 30.1 Å². The van der Waals surface area contributed by atoms with E-state index in [0.717, 1.165) is 4.90 Å². The van der Waals surface area contributed by atoms with Gasteiger partial charge in [0.15, 0.2) is 0 Å². The molecule has 15 heavy (non-hydrogen) atoms. The molecule has 2 rings (SSSR count). The van der Waals surface area contributed by atoms with Gasteiger partial charge in [-0.3, -0.25) is 14.5 Å². The summed E-state index contributed by atoms with van der Waals surface area (Å²) in [4.78, 5) is 25.3. The highest BCUT2D eigenvalue weighted by Crippen LogP contribution is 2.26. The van der Waals surface area contributed by atoms with Crippen LogP contribution in [0.4, 0.5) is 5.69 Å². The van der Waals surface area contributed by atoms with Gasteiger partial charge < -0.3 is 0 Å². The zero-order valence-electron chi connectivity index (χ0n) is 8.30. The first-order valence-electron chi connectivity index (χ1n) is 4.75. The number of hydrogen-bond donors (Lipinski definition) is 1. The zero-order valence-corrected chi connectivity index (χ0v) is 9.20. The molecule has 0 bridgehead atoms. The summed E-state index contributed by atoms with van der Waals surface area (Å²) in [6.07, 6.45) is 0.307. The Kier molecular flexibility index (Phi) is 2.52. The summed E-state index contributed by atoms with van der Waals surface area (Å²) in [6.45, 7) is 1.77. The minimum absolute atomic E-state index is 0.119. The summed E-state index contributed by atoms with van der Waals surface area (Å²) in [5.41, 5.74) is 0.632. The minimum atomic E-state index is -0.201. The summed E-state index contributed by atoms with van der Waals surface area (Å²) in [7, 11) is 0. The molecule has 3 nitrogen and oxygen atoms in total. The van der Waals surface area contributed by atoms with Gasteiger partial charge in [0.1, 0.15) is 0 Å². The Morgan fingerprint density at radius 3 is 2.33 bits per heavy atom. The molecule has 1 aliphatic rings. The monoisotopic (exact) mass is 221 g/mol. The highest BCUT2D eigenvalue weighted by Gasteiger charge is 2.36. The van der Waals surface area contributed by atoms with Gasteiger partial charge in [0.25, 0.3) is 0 Å². The van der Waals surface area contributed by atoms with Crippen molar-refractivity contribution in [2.75, 3.05) is 4.90 Å². The number of amides is 2. The van der Waals surface area contributed by atoms with E-state index in [9.17, 15) is 9.59 Å². The van der Waals surface area contributed by atoms with Crippen molar-refractivity contribution in [3.63, 3.8) is 0 Å². The standard InChI is InChI=1S/C11H11NO2S/c1-7-6-10(13)12(11(7)14)8-2-4-9(15)5-3-8/h2-5,7,15H,6H2,1H3. The lowest BCUT2D eigenvalue weighted by Crippen LogP contribution is -2.29. The number of anilines is 1. The van der Waals surface area contributed by atoms with Crippen LogP contribution in [0.2, 0.25) is 0 Å². The molecule has 0 spiro atoms. The van der Waals surface area contributed by atoms with Crippen molar-refractivity contribution in [1.29, 1.82) is 0 Å². The van der Waals surface area contributed by atoms with Gasteiger partial charge in [-0.15, -0.1) is 12.6 Å². The van der Waals surface area contributed by atoms with Gasteiger partial charge in [-0.1, -0.05) is 6.92 Å². The molecule has 1 fully saturated rings. The average molecular weight is 221 g/mol.